The van der Waals surface area contributed by atoms with Gasteiger partial charge in [-0.25, -0.2) is 4.99 Å². The molecule has 0 aliphatic carbocycles. The van der Waals surface area contributed by atoms with Gasteiger partial charge in [-0.2, -0.15) is 0 Å². The van der Waals surface area contributed by atoms with Crippen LogP contribution in [0, 0.1) is 13.8 Å². The van der Waals surface area contributed by atoms with Gasteiger partial charge in [0.15, 0.2) is 0 Å². The molecule has 2 aromatic rings. The molecule has 134 valence electrons. The van der Waals surface area contributed by atoms with Gasteiger partial charge in [0.25, 0.3) is 0 Å². The van der Waals surface area contributed by atoms with E-state index >= 15 is 0 Å². The lowest BCUT2D eigenvalue weighted by atomic mass is 9.92. The van der Waals surface area contributed by atoms with E-state index in [9.17, 15) is 0 Å². The Labute approximate surface area is 153 Å². The molecular weight excluding hydrogens is 304 g/mol. The summed E-state index contributed by atoms with van der Waals surface area (Å²) in [5, 5.41) is 0. The van der Waals surface area contributed by atoms with Crippen LogP contribution in [0.15, 0.2) is 41.4 Å². The Balaban J connectivity index is 2.28. The fraction of sp³-hybridized carbons (Fsp3) is 0.435. The van der Waals surface area contributed by atoms with E-state index in [-0.39, 0.29) is 0 Å². The zero-order chi connectivity index (χ0) is 18.4. The molecule has 2 heteroatoms. The second-order valence-corrected chi connectivity index (χ2v) is 7.08. The average molecular weight is 337 g/mol. The van der Waals surface area contributed by atoms with Gasteiger partial charge in [-0.3, -0.25) is 0 Å². The standard InChI is InChI=1S/C23H32N2/c1-7-9-17(3)20-10-12-21(13-11-20)22-14-19(5)23(15-18(22)4)24-16-25(6)8-2/h10-17H,7-9H2,1-6H3. The van der Waals surface area contributed by atoms with Crippen LogP contribution in [-0.2, 0) is 0 Å². The summed E-state index contributed by atoms with van der Waals surface area (Å²) in [5.41, 5.74) is 7.55. The largest absolute Gasteiger partial charge is 0.366 e. The van der Waals surface area contributed by atoms with Gasteiger partial charge in [0, 0.05) is 13.6 Å². The van der Waals surface area contributed by atoms with Crippen LogP contribution in [-0.4, -0.2) is 24.8 Å². The van der Waals surface area contributed by atoms with Crippen LogP contribution >= 0.6 is 0 Å². The van der Waals surface area contributed by atoms with Crippen LogP contribution in [0.4, 0.5) is 5.69 Å². The Morgan fingerprint density at radius 1 is 1.04 bits per heavy atom. The Morgan fingerprint density at radius 2 is 1.72 bits per heavy atom. The first-order chi connectivity index (χ1) is 12.0. The summed E-state index contributed by atoms with van der Waals surface area (Å²) in [4.78, 5) is 6.71. The van der Waals surface area contributed by atoms with Crippen molar-refractivity contribution in [3.05, 3.63) is 53.1 Å². The zero-order valence-corrected chi connectivity index (χ0v) is 16.6. The van der Waals surface area contributed by atoms with Crippen molar-refractivity contribution in [1.82, 2.24) is 4.90 Å². The van der Waals surface area contributed by atoms with Gasteiger partial charge in [-0.1, -0.05) is 44.5 Å². The summed E-state index contributed by atoms with van der Waals surface area (Å²) >= 11 is 0. The molecule has 2 aromatic carbocycles. The Kier molecular flexibility index (Phi) is 6.81. The quantitative estimate of drug-likeness (QED) is 0.417. The molecule has 0 N–H and O–H groups in total. The molecule has 2 nitrogen and oxygen atoms in total. The van der Waals surface area contributed by atoms with Crippen molar-refractivity contribution in [2.75, 3.05) is 13.6 Å². The van der Waals surface area contributed by atoms with Crippen molar-refractivity contribution in [1.29, 1.82) is 0 Å². The zero-order valence-electron chi connectivity index (χ0n) is 16.6. The van der Waals surface area contributed by atoms with Crippen LogP contribution in [0.5, 0.6) is 0 Å². The van der Waals surface area contributed by atoms with E-state index in [1.165, 1.54) is 40.7 Å². The van der Waals surface area contributed by atoms with Crippen molar-refractivity contribution in [3.63, 3.8) is 0 Å². The van der Waals surface area contributed by atoms with E-state index in [1.807, 2.05) is 13.4 Å². The maximum absolute atomic E-state index is 4.63. The highest BCUT2D eigenvalue weighted by atomic mass is 15.1. The molecule has 0 saturated carbocycles. The van der Waals surface area contributed by atoms with E-state index < -0.39 is 0 Å². The average Bonchev–Trinajstić information content (AvgIpc) is 2.62. The molecule has 0 aliphatic rings. The van der Waals surface area contributed by atoms with Crippen molar-refractivity contribution >= 4 is 12.0 Å². The number of benzene rings is 2. The number of nitrogens with zero attached hydrogens (tertiary/aromatic N) is 2. The van der Waals surface area contributed by atoms with Crippen molar-refractivity contribution in [2.45, 2.75) is 53.4 Å². The Hall–Kier alpha value is -2.09. The first-order valence-corrected chi connectivity index (χ1v) is 9.42. The number of hydrogen-bond acceptors (Lipinski definition) is 1. The number of aryl methyl sites for hydroxylation is 2. The van der Waals surface area contributed by atoms with Crippen molar-refractivity contribution < 1.29 is 0 Å². The molecule has 0 saturated heterocycles. The second-order valence-electron chi connectivity index (χ2n) is 7.08. The highest BCUT2D eigenvalue weighted by molar-refractivity contribution is 5.73. The molecule has 1 unspecified atom stereocenters. The minimum Gasteiger partial charge on any atom is -0.366 e. The van der Waals surface area contributed by atoms with Crippen molar-refractivity contribution in [2.24, 2.45) is 4.99 Å². The summed E-state index contributed by atoms with van der Waals surface area (Å²) < 4.78 is 0. The second kappa shape index (κ2) is 8.84. The maximum atomic E-state index is 4.63. The number of rotatable bonds is 7. The molecule has 2 rings (SSSR count). The highest BCUT2D eigenvalue weighted by Gasteiger charge is 2.08. The van der Waals surface area contributed by atoms with E-state index in [2.05, 4.69) is 80.9 Å². The van der Waals surface area contributed by atoms with Gasteiger partial charge in [0.1, 0.15) is 0 Å². The maximum Gasteiger partial charge on any atom is 0.0909 e. The Morgan fingerprint density at radius 3 is 2.32 bits per heavy atom. The van der Waals surface area contributed by atoms with E-state index in [0.717, 1.165) is 12.2 Å². The first kappa shape index (κ1) is 19.2. The molecule has 0 aliphatic heterocycles. The molecule has 0 amide bonds. The third kappa shape index (κ3) is 4.94. The van der Waals surface area contributed by atoms with Gasteiger partial charge in [-0.15, -0.1) is 0 Å². The summed E-state index contributed by atoms with van der Waals surface area (Å²) in [7, 11) is 2.04. The summed E-state index contributed by atoms with van der Waals surface area (Å²) in [6, 6.07) is 13.5. The molecule has 0 aromatic heterocycles. The SMILES string of the molecule is CCCC(C)c1ccc(-c2cc(C)c(N=CN(C)CC)cc2C)cc1. The van der Waals surface area contributed by atoms with E-state index in [4.69, 9.17) is 0 Å². The van der Waals surface area contributed by atoms with Crippen LogP contribution in [0.25, 0.3) is 11.1 Å². The minimum atomic E-state index is 0.633. The molecule has 0 radical (unpaired) electrons. The fourth-order valence-corrected chi connectivity index (χ4v) is 3.08. The summed E-state index contributed by atoms with van der Waals surface area (Å²) in [5.74, 6) is 0.633. The van der Waals surface area contributed by atoms with Gasteiger partial charge in [0.2, 0.25) is 0 Å². The number of hydrogen-bond donors (Lipinski definition) is 0. The van der Waals surface area contributed by atoms with Crippen molar-refractivity contribution in [3.8, 4) is 11.1 Å². The van der Waals surface area contributed by atoms with Crippen LogP contribution in [0.2, 0.25) is 0 Å². The van der Waals surface area contributed by atoms with Crippen LogP contribution < -0.4 is 0 Å². The van der Waals surface area contributed by atoms with Gasteiger partial charge >= 0.3 is 0 Å². The number of aliphatic imine (C=N–C) groups is 1. The molecule has 1 atom stereocenters. The van der Waals surface area contributed by atoms with E-state index in [1.54, 1.807) is 0 Å². The van der Waals surface area contributed by atoms with Gasteiger partial charge in [0.05, 0.1) is 12.0 Å². The lowest BCUT2D eigenvalue weighted by Gasteiger charge is -2.14. The monoisotopic (exact) mass is 336 g/mol. The lowest BCUT2D eigenvalue weighted by Crippen LogP contribution is -2.14. The first-order valence-electron chi connectivity index (χ1n) is 9.42. The normalized spacial score (nSPS) is 12.6. The third-order valence-electron chi connectivity index (χ3n) is 4.95. The predicted octanol–water partition coefficient (Wildman–Crippen LogP) is 6.49. The van der Waals surface area contributed by atoms with Gasteiger partial charge < -0.3 is 4.90 Å². The molecule has 25 heavy (non-hydrogen) atoms. The fourth-order valence-electron chi connectivity index (χ4n) is 3.08. The summed E-state index contributed by atoms with van der Waals surface area (Å²) in [6.45, 7) is 12.0. The Bertz CT molecular complexity index is 714. The molecule has 0 spiro atoms. The van der Waals surface area contributed by atoms with Crippen LogP contribution in [0.3, 0.4) is 0 Å². The smallest absolute Gasteiger partial charge is 0.0909 e. The van der Waals surface area contributed by atoms with E-state index in [0.29, 0.717) is 5.92 Å². The molecule has 0 heterocycles. The van der Waals surface area contributed by atoms with Crippen LogP contribution in [0.1, 0.15) is 56.2 Å². The summed E-state index contributed by atoms with van der Waals surface area (Å²) in [6.07, 6.45) is 4.39. The van der Waals surface area contributed by atoms with Gasteiger partial charge in [-0.05, 0) is 73.1 Å². The topological polar surface area (TPSA) is 15.6 Å². The molecular formula is C23H32N2. The third-order valence-corrected chi connectivity index (χ3v) is 4.95. The predicted molar refractivity (Wildman–Crippen MR) is 111 cm³/mol. The molecule has 0 fully saturated rings. The highest BCUT2D eigenvalue weighted by Crippen LogP contribution is 2.31. The molecule has 0 bridgehead atoms. The lowest BCUT2D eigenvalue weighted by molar-refractivity contribution is 0.552. The minimum absolute atomic E-state index is 0.633.